The number of hydrogen-bond donors (Lipinski definition) is 2. The Labute approximate surface area is 90.8 Å². The first-order valence-corrected chi connectivity index (χ1v) is 4.78. The number of phenols is 2. The van der Waals surface area contributed by atoms with Crippen molar-refractivity contribution in [3.8, 4) is 11.5 Å². The summed E-state index contributed by atoms with van der Waals surface area (Å²) in [6, 6.07) is 3.03. The Balaban J connectivity index is 2.55. The zero-order chi connectivity index (χ0) is 11.1. The molecule has 78 valence electrons. The number of aliphatic imine (C=N–C) groups is 1. The SMILES string of the molecule is O=C=NC1(c2ccc(Cl)c(O)c2O)CC1. The average molecular weight is 226 g/mol. The largest absolute Gasteiger partial charge is 0.504 e. The van der Waals surface area contributed by atoms with Crippen LogP contribution in [0.15, 0.2) is 17.1 Å². The van der Waals surface area contributed by atoms with Gasteiger partial charge in [-0.05, 0) is 18.9 Å². The van der Waals surface area contributed by atoms with Crippen LogP contribution >= 0.6 is 11.6 Å². The molecular weight excluding hydrogens is 218 g/mol. The summed E-state index contributed by atoms with van der Waals surface area (Å²) in [4.78, 5) is 13.9. The maximum atomic E-state index is 10.2. The zero-order valence-corrected chi connectivity index (χ0v) is 8.45. The van der Waals surface area contributed by atoms with E-state index in [9.17, 15) is 15.0 Å². The Kier molecular flexibility index (Phi) is 2.18. The number of isocyanates is 1. The molecule has 1 aromatic rings. The average Bonchev–Trinajstić information content (AvgIpc) is 2.96. The second kappa shape index (κ2) is 3.26. The van der Waals surface area contributed by atoms with Crippen molar-refractivity contribution in [1.29, 1.82) is 0 Å². The van der Waals surface area contributed by atoms with Crippen LogP contribution in [-0.4, -0.2) is 16.3 Å². The first-order valence-electron chi connectivity index (χ1n) is 4.41. The van der Waals surface area contributed by atoms with Gasteiger partial charge < -0.3 is 10.2 Å². The van der Waals surface area contributed by atoms with E-state index in [2.05, 4.69) is 4.99 Å². The highest BCUT2D eigenvalue weighted by Gasteiger charge is 2.47. The minimum Gasteiger partial charge on any atom is -0.504 e. The number of phenolic OH excluding ortho intramolecular Hbond substituents is 2. The molecule has 0 radical (unpaired) electrons. The van der Waals surface area contributed by atoms with Gasteiger partial charge in [0.05, 0.1) is 5.02 Å². The molecule has 2 N–H and O–H groups in total. The summed E-state index contributed by atoms with van der Waals surface area (Å²) < 4.78 is 0. The summed E-state index contributed by atoms with van der Waals surface area (Å²) in [6.07, 6.45) is 2.81. The van der Waals surface area contributed by atoms with Gasteiger partial charge in [-0.25, -0.2) is 4.79 Å². The lowest BCUT2D eigenvalue weighted by Crippen LogP contribution is -2.02. The summed E-state index contributed by atoms with van der Waals surface area (Å²) in [5, 5.41) is 19.2. The Hall–Kier alpha value is -1.51. The fourth-order valence-corrected chi connectivity index (χ4v) is 1.73. The van der Waals surface area contributed by atoms with Gasteiger partial charge in [0.25, 0.3) is 0 Å². The lowest BCUT2D eigenvalue weighted by molar-refractivity contribution is 0.395. The second-order valence-electron chi connectivity index (χ2n) is 3.53. The summed E-state index contributed by atoms with van der Waals surface area (Å²) in [6.45, 7) is 0. The topological polar surface area (TPSA) is 69.9 Å². The minimum absolute atomic E-state index is 0.0714. The number of carbonyl (C=O) groups excluding carboxylic acids is 1. The van der Waals surface area contributed by atoms with E-state index in [1.807, 2.05) is 0 Å². The quantitative estimate of drug-likeness (QED) is 0.460. The molecule has 4 nitrogen and oxygen atoms in total. The van der Waals surface area contributed by atoms with Crippen LogP contribution in [0.2, 0.25) is 5.02 Å². The molecule has 0 atom stereocenters. The van der Waals surface area contributed by atoms with Gasteiger partial charge in [-0.15, -0.1) is 0 Å². The van der Waals surface area contributed by atoms with Crippen LogP contribution in [0.3, 0.4) is 0 Å². The van der Waals surface area contributed by atoms with Crippen molar-refractivity contribution >= 4 is 17.7 Å². The van der Waals surface area contributed by atoms with Gasteiger partial charge in [0.2, 0.25) is 6.08 Å². The van der Waals surface area contributed by atoms with Crippen LogP contribution < -0.4 is 0 Å². The van der Waals surface area contributed by atoms with E-state index in [0.29, 0.717) is 18.4 Å². The van der Waals surface area contributed by atoms with Gasteiger partial charge in [0.1, 0.15) is 5.54 Å². The predicted octanol–water partition coefficient (Wildman–Crippen LogP) is 2.08. The van der Waals surface area contributed by atoms with Gasteiger partial charge in [-0.1, -0.05) is 17.7 Å². The highest BCUT2D eigenvalue weighted by molar-refractivity contribution is 6.32. The predicted molar refractivity (Wildman–Crippen MR) is 53.8 cm³/mol. The number of hydrogen-bond acceptors (Lipinski definition) is 4. The number of benzene rings is 1. The summed E-state index contributed by atoms with van der Waals surface area (Å²) in [7, 11) is 0. The molecule has 5 heteroatoms. The molecule has 1 aliphatic carbocycles. The normalized spacial score (nSPS) is 16.9. The van der Waals surface area contributed by atoms with Gasteiger partial charge in [0.15, 0.2) is 11.5 Å². The van der Waals surface area contributed by atoms with Crippen LogP contribution in [-0.2, 0) is 10.3 Å². The molecule has 1 fully saturated rings. The van der Waals surface area contributed by atoms with Crippen molar-refractivity contribution in [1.82, 2.24) is 0 Å². The first kappa shape index (κ1) is 10.0. The van der Waals surface area contributed by atoms with E-state index >= 15 is 0 Å². The molecule has 0 aromatic heterocycles. The molecule has 0 amide bonds. The van der Waals surface area contributed by atoms with E-state index in [0.717, 1.165) is 0 Å². The third kappa shape index (κ3) is 1.48. The lowest BCUT2D eigenvalue weighted by atomic mass is 10.0. The monoisotopic (exact) mass is 225 g/mol. The van der Waals surface area contributed by atoms with Crippen molar-refractivity contribution in [2.45, 2.75) is 18.4 Å². The molecular formula is C10H8ClNO3. The third-order valence-electron chi connectivity index (χ3n) is 2.59. The van der Waals surface area contributed by atoms with Crippen LogP contribution in [0.5, 0.6) is 11.5 Å². The van der Waals surface area contributed by atoms with E-state index < -0.39 is 5.54 Å². The molecule has 1 saturated carbocycles. The second-order valence-corrected chi connectivity index (χ2v) is 3.93. The van der Waals surface area contributed by atoms with E-state index in [1.54, 1.807) is 6.07 Å². The van der Waals surface area contributed by atoms with Crippen LogP contribution in [0.25, 0.3) is 0 Å². The molecule has 15 heavy (non-hydrogen) atoms. The summed E-state index contributed by atoms with van der Waals surface area (Å²) in [5.74, 6) is -0.680. The molecule has 2 rings (SSSR count). The van der Waals surface area contributed by atoms with Crippen molar-refractivity contribution in [3.63, 3.8) is 0 Å². The summed E-state index contributed by atoms with van der Waals surface area (Å²) >= 11 is 5.62. The lowest BCUT2D eigenvalue weighted by Gasteiger charge is -2.11. The highest BCUT2D eigenvalue weighted by atomic mass is 35.5. The van der Waals surface area contributed by atoms with Crippen LogP contribution in [0.1, 0.15) is 18.4 Å². The number of aromatic hydroxyl groups is 2. The van der Waals surface area contributed by atoms with Gasteiger partial charge in [0, 0.05) is 5.56 Å². The first-order chi connectivity index (χ1) is 7.10. The fraction of sp³-hybridized carbons (Fsp3) is 0.300. The highest BCUT2D eigenvalue weighted by Crippen LogP contribution is 2.54. The van der Waals surface area contributed by atoms with Crippen molar-refractivity contribution in [2.24, 2.45) is 4.99 Å². The van der Waals surface area contributed by atoms with Gasteiger partial charge in [-0.3, -0.25) is 0 Å². The molecule has 0 bridgehead atoms. The Morgan fingerprint density at radius 2 is 2.00 bits per heavy atom. The standard InChI is InChI=1S/C10H8ClNO3/c11-7-2-1-6(8(14)9(7)15)10(3-4-10)12-5-13/h1-2,14-15H,3-4H2. The zero-order valence-electron chi connectivity index (χ0n) is 7.70. The number of halogens is 1. The van der Waals surface area contributed by atoms with E-state index in [1.165, 1.54) is 12.1 Å². The van der Waals surface area contributed by atoms with Crippen molar-refractivity contribution < 1.29 is 15.0 Å². The Morgan fingerprint density at radius 1 is 1.33 bits per heavy atom. The Bertz CT molecular complexity index is 462. The third-order valence-corrected chi connectivity index (χ3v) is 2.89. The molecule has 0 unspecified atom stereocenters. The minimum atomic E-state index is -0.700. The van der Waals surface area contributed by atoms with Crippen molar-refractivity contribution in [3.05, 3.63) is 22.7 Å². The fourth-order valence-electron chi connectivity index (χ4n) is 1.58. The summed E-state index contributed by atoms with van der Waals surface area (Å²) in [5.41, 5.74) is -0.277. The van der Waals surface area contributed by atoms with Crippen molar-refractivity contribution in [2.75, 3.05) is 0 Å². The smallest absolute Gasteiger partial charge is 0.235 e. The Morgan fingerprint density at radius 3 is 2.53 bits per heavy atom. The van der Waals surface area contributed by atoms with Crippen LogP contribution in [0, 0.1) is 0 Å². The molecule has 1 aliphatic rings. The van der Waals surface area contributed by atoms with E-state index in [4.69, 9.17) is 11.6 Å². The maximum Gasteiger partial charge on any atom is 0.235 e. The number of nitrogens with zero attached hydrogens (tertiary/aromatic N) is 1. The molecule has 0 heterocycles. The number of rotatable bonds is 2. The van der Waals surface area contributed by atoms with E-state index in [-0.39, 0.29) is 16.5 Å². The molecule has 1 aromatic carbocycles. The van der Waals surface area contributed by atoms with Gasteiger partial charge in [-0.2, -0.15) is 4.99 Å². The maximum absolute atomic E-state index is 10.2. The molecule has 0 spiro atoms. The molecule has 0 saturated heterocycles. The molecule has 0 aliphatic heterocycles. The van der Waals surface area contributed by atoms with Crippen LogP contribution in [0.4, 0.5) is 0 Å². The van der Waals surface area contributed by atoms with Gasteiger partial charge >= 0.3 is 0 Å².